The largest absolute Gasteiger partial charge is 0.394 e. The Labute approximate surface area is 347 Å². The van der Waals surface area contributed by atoms with Gasteiger partial charge in [-0.05, 0) is 123 Å². The summed E-state index contributed by atoms with van der Waals surface area (Å²) in [6.07, 6.45) is 7.23. The molecular formula is C48H58N6O5. The lowest BCUT2D eigenvalue weighted by atomic mass is 9.54. The minimum absolute atomic E-state index is 0.196. The highest BCUT2D eigenvalue weighted by Gasteiger charge is 2.47. The van der Waals surface area contributed by atoms with E-state index in [9.17, 15) is 15.0 Å². The first-order valence-electron chi connectivity index (χ1n) is 20.8. The summed E-state index contributed by atoms with van der Waals surface area (Å²) in [4.78, 5) is 20.7. The van der Waals surface area contributed by atoms with Gasteiger partial charge in [0.15, 0.2) is 6.23 Å². The third-order valence-corrected chi connectivity index (χ3v) is 12.3. The minimum Gasteiger partial charge on any atom is -0.394 e. The molecule has 0 radical (unpaired) electrons. The fourth-order valence-electron chi connectivity index (χ4n) is 9.46. The first-order valence-corrected chi connectivity index (χ1v) is 20.8. The highest BCUT2D eigenvalue weighted by Crippen LogP contribution is 2.58. The van der Waals surface area contributed by atoms with Crippen molar-refractivity contribution in [3.05, 3.63) is 164 Å². The number of nitrogens with one attached hydrogen (secondary N) is 1. The fourth-order valence-corrected chi connectivity index (χ4v) is 9.46. The summed E-state index contributed by atoms with van der Waals surface area (Å²) in [7, 11) is 6.32. The summed E-state index contributed by atoms with van der Waals surface area (Å²) >= 11 is 0. The van der Waals surface area contributed by atoms with Crippen molar-refractivity contribution in [3.8, 4) is 0 Å². The second-order valence-electron chi connectivity index (χ2n) is 16.2. The van der Waals surface area contributed by atoms with E-state index in [2.05, 4.69) is 144 Å². The van der Waals surface area contributed by atoms with Crippen molar-refractivity contribution >= 4 is 11.5 Å². The molecule has 5 aliphatic rings. The van der Waals surface area contributed by atoms with Crippen LogP contribution in [0.3, 0.4) is 0 Å². The van der Waals surface area contributed by atoms with Crippen molar-refractivity contribution in [1.29, 1.82) is 0 Å². The van der Waals surface area contributed by atoms with Crippen molar-refractivity contribution in [2.45, 2.75) is 80.8 Å². The Balaban J connectivity index is 0.000000135. The zero-order valence-electron chi connectivity index (χ0n) is 34.4. The van der Waals surface area contributed by atoms with E-state index in [1.165, 1.54) is 53.5 Å². The van der Waals surface area contributed by atoms with Crippen molar-refractivity contribution in [3.63, 3.8) is 0 Å². The number of fused-ring (bicyclic) bond motifs is 3. The van der Waals surface area contributed by atoms with Crippen LogP contribution in [0.15, 0.2) is 114 Å². The molecule has 5 aromatic rings. The maximum absolute atomic E-state index is 11.5. The van der Waals surface area contributed by atoms with Gasteiger partial charge < -0.3 is 36.0 Å². The first-order chi connectivity index (χ1) is 28.7. The zero-order chi connectivity index (χ0) is 41.5. The molecule has 10 rings (SSSR count). The molecule has 0 saturated carbocycles. The van der Waals surface area contributed by atoms with Crippen LogP contribution in [0.1, 0.15) is 88.8 Å². The lowest BCUT2D eigenvalue weighted by Gasteiger charge is -2.50. The summed E-state index contributed by atoms with van der Waals surface area (Å²) < 4.78 is 6.04. The summed E-state index contributed by atoms with van der Waals surface area (Å²) in [5.74, 6) is 0.432. The van der Waals surface area contributed by atoms with E-state index in [4.69, 9.17) is 15.6 Å². The number of aliphatic hydroxyl groups is 3. The smallest absolute Gasteiger partial charge is 0.354 e. The lowest BCUT2D eigenvalue weighted by Crippen LogP contribution is -2.40. The Morgan fingerprint density at radius 2 is 1.49 bits per heavy atom. The molecule has 1 aliphatic heterocycles. The second-order valence-corrected chi connectivity index (χ2v) is 16.2. The Kier molecular flexibility index (Phi) is 13.5. The van der Waals surface area contributed by atoms with Crippen LogP contribution in [0.2, 0.25) is 0 Å². The van der Waals surface area contributed by atoms with E-state index in [1.54, 1.807) is 22.3 Å². The van der Waals surface area contributed by atoms with Gasteiger partial charge in [0.2, 0.25) is 5.95 Å². The van der Waals surface area contributed by atoms with E-state index in [0.717, 1.165) is 43.2 Å². The van der Waals surface area contributed by atoms with Crippen LogP contribution in [-0.4, -0.2) is 93.9 Å². The van der Waals surface area contributed by atoms with Crippen LogP contribution in [0, 0.1) is 0 Å². The van der Waals surface area contributed by atoms with Crippen molar-refractivity contribution in [1.82, 2.24) is 24.8 Å². The van der Waals surface area contributed by atoms with Gasteiger partial charge in [0, 0.05) is 17.9 Å². The fraction of sp³-hybridized carbons (Fsp3) is 0.396. The Hall–Kier alpha value is -5.01. The number of hydrogen-bond donors (Lipinski definition) is 5. The molecule has 4 atom stereocenters. The van der Waals surface area contributed by atoms with Gasteiger partial charge in [-0.1, -0.05) is 103 Å². The number of hydrogen-bond acceptors (Lipinski definition) is 10. The van der Waals surface area contributed by atoms with Gasteiger partial charge in [-0.15, -0.1) is 0 Å². The van der Waals surface area contributed by atoms with E-state index >= 15 is 0 Å². The molecule has 2 heterocycles. The molecule has 6 N–H and O–H groups in total. The van der Waals surface area contributed by atoms with Crippen LogP contribution in [-0.2, 0) is 23.0 Å². The number of nitrogen functional groups attached to an aromatic ring is 1. The Morgan fingerprint density at radius 1 is 0.898 bits per heavy atom. The molecule has 1 fully saturated rings. The topological polar surface area (TPSA) is 159 Å². The average Bonchev–Trinajstić information content (AvgIpc) is 3.44. The van der Waals surface area contributed by atoms with Gasteiger partial charge in [-0.2, -0.15) is 4.98 Å². The number of aromatic nitrogens is 3. The van der Waals surface area contributed by atoms with E-state index in [0.29, 0.717) is 5.92 Å². The molecule has 1 aromatic heterocycles. The molecule has 11 heteroatoms. The van der Waals surface area contributed by atoms with Crippen molar-refractivity contribution < 1.29 is 20.1 Å². The molecule has 0 unspecified atom stereocenters. The molecule has 0 spiro atoms. The highest BCUT2D eigenvalue weighted by atomic mass is 16.6. The number of nitrogens with zero attached hydrogens (tertiary/aromatic N) is 4. The molecule has 4 aliphatic carbocycles. The van der Waals surface area contributed by atoms with Gasteiger partial charge in [0.1, 0.15) is 24.6 Å². The summed E-state index contributed by atoms with van der Waals surface area (Å²) in [6, 6.07) is 36.1. The lowest BCUT2D eigenvalue weighted by molar-refractivity contribution is -0.0554. The van der Waals surface area contributed by atoms with E-state index in [1.807, 2.05) is 0 Å². The van der Waals surface area contributed by atoms with Crippen LogP contribution in [0.4, 0.5) is 5.95 Å². The average molecular weight is 799 g/mol. The van der Waals surface area contributed by atoms with Crippen LogP contribution in [0.25, 0.3) is 5.57 Å². The summed E-state index contributed by atoms with van der Waals surface area (Å²) in [6.45, 7) is 1.72. The van der Waals surface area contributed by atoms with Crippen molar-refractivity contribution in [2.75, 3.05) is 46.6 Å². The normalized spacial score (nSPS) is 23.4. The predicted molar refractivity (Wildman–Crippen MR) is 232 cm³/mol. The maximum atomic E-state index is 11.5. The van der Waals surface area contributed by atoms with Gasteiger partial charge in [-0.3, -0.25) is 4.57 Å². The zero-order valence-corrected chi connectivity index (χ0v) is 34.4. The maximum Gasteiger partial charge on any atom is 0.354 e. The Morgan fingerprint density at radius 3 is 2.05 bits per heavy atom. The van der Waals surface area contributed by atoms with E-state index < -0.39 is 36.8 Å². The molecule has 59 heavy (non-hydrogen) atoms. The third kappa shape index (κ3) is 8.82. The van der Waals surface area contributed by atoms with Gasteiger partial charge in [-0.25, -0.2) is 9.78 Å². The quantitative estimate of drug-likeness (QED) is 0.125. The number of aliphatic hydroxyl groups excluding tert-OH is 3. The van der Waals surface area contributed by atoms with Gasteiger partial charge >= 0.3 is 5.69 Å². The van der Waals surface area contributed by atoms with E-state index in [-0.39, 0.29) is 11.4 Å². The second kappa shape index (κ2) is 18.9. The SMILES string of the molecule is CN(C)CCC=C1c2ccccc2CCc2ccccc21.CNCCCC12CCC(c3ccccc31)c1ccccc12.Nc1ncn([C@@H]2O[C@H](CO)[C@@H](O)[C@H]2O)c(=O)n1. The van der Waals surface area contributed by atoms with Gasteiger partial charge in [0.25, 0.3) is 0 Å². The number of ether oxygens (including phenoxy) is 1. The van der Waals surface area contributed by atoms with Gasteiger partial charge in [0.05, 0.1) is 6.61 Å². The molecule has 310 valence electrons. The highest BCUT2D eigenvalue weighted by molar-refractivity contribution is 5.83. The number of aryl methyl sites for hydroxylation is 2. The molecule has 4 aromatic carbocycles. The summed E-state index contributed by atoms with van der Waals surface area (Å²) in [5, 5.41) is 31.4. The molecule has 2 bridgehead atoms. The van der Waals surface area contributed by atoms with Crippen LogP contribution >= 0.6 is 0 Å². The number of benzene rings is 4. The van der Waals surface area contributed by atoms with Crippen LogP contribution < -0.4 is 16.7 Å². The Bertz CT molecular complexity index is 2190. The van der Waals surface area contributed by atoms with Crippen LogP contribution in [0.5, 0.6) is 0 Å². The van der Waals surface area contributed by atoms with Crippen molar-refractivity contribution in [2.24, 2.45) is 0 Å². The number of rotatable bonds is 9. The third-order valence-electron chi connectivity index (χ3n) is 12.3. The number of nitrogens with two attached hydrogens (primary N) is 1. The summed E-state index contributed by atoms with van der Waals surface area (Å²) in [5.41, 5.74) is 18.3. The molecule has 0 amide bonds. The predicted octanol–water partition coefficient (Wildman–Crippen LogP) is 5.21. The monoisotopic (exact) mass is 798 g/mol. The number of anilines is 1. The molecular weight excluding hydrogens is 741 g/mol. The first kappa shape index (κ1) is 42.1. The molecule has 11 nitrogen and oxygen atoms in total. The molecule has 1 saturated heterocycles. The standard InChI is InChI=1S/2C20H23N.C8H12N4O5/c1-21-14-6-12-20-13-11-15(16-7-2-4-9-18(16)20)17-8-3-5-10-19(17)20;1-21(2)15-7-12-20-18-10-5-3-8-16(18)13-14-17-9-4-6-11-19(17)20;9-7-10-2-12(8(16)11-7)6-5(15)4(14)3(1-13)17-6/h2-5,7-10,15,21H,6,11-14H2,1H3;3-6,8-12H,7,13-15H2,1-2H3;2-6,13-15H,1H2,(H2,9,11,16)/t;;3-,4-,5-,6-/m..1/s1. The minimum atomic E-state index is -1.35.